The second-order valence-electron chi connectivity index (χ2n) is 4.22. The van der Waals surface area contributed by atoms with Crippen molar-refractivity contribution in [3.63, 3.8) is 0 Å². The number of hydrogen-bond donors (Lipinski definition) is 0. The van der Waals surface area contributed by atoms with Crippen molar-refractivity contribution in [1.29, 1.82) is 0 Å². The average Bonchev–Trinajstić information content (AvgIpc) is 1.84. The van der Waals surface area contributed by atoms with Gasteiger partial charge in [0.15, 0.2) is 0 Å². The first-order chi connectivity index (χ1) is 5.44. The fourth-order valence-electron chi connectivity index (χ4n) is 1.40. The molecule has 0 amide bonds. The van der Waals surface area contributed by atoms with E-state index in [1.807, 2.05) is 20.8 Å². The Kier molecular flexibility index (Phi) is 3.02. The van der Waals surface area contributed by atoms with E-state index in [4.69, 9.17) is 21.1 Å². The van der Waals surface area contributed by atoms with E-state index in [1.165, 1.54) is 0 Å². The van der Waals surface area contributed by atoms with Crippen LogP contribution in [0.2, 0.25) is 0 Å². The number of ether oxygens (including phenoxy) is 2. The smallest absolute Gasteiger partial charge is 0.0997 e. The van der Waals surface area contributed by atoms with E-state index in [0.29, 0.717) is 0 Å². The van der Waals surface area contributed by atoms with Gasteiger partial charge in [-0.3, -0.25) is 0 Å². The number of rotatable bonds is 2. The van der Waals surface area contributed by atoms with E-state index in [1.54, 1.807) is 7.11 Å². The van der Waals surface area contributed by atoms with Crippen LogP contribution in [0, 0.1) is 0 Å². The Labute approximate surface area is 79.2 Å². The standard InChI is InChI=1S/C9H17ClO2/c1-9(2,3)12-7-5-6(10)8(7)11-4/h6-8H,5H2,1-4H3/t6-,7-,8-/m1/s1. The van der Waals surface area contributed by atoms with Crippen LogP contribution in [0.3, 0.4) is 0 Å². The first kappa shape index (κ1) is 10.3. The Balaban J connectivity index is 2.36. The highest BCUT2D eigenvalue weighted by molar-refractivity contribution is 6.21. The van der Waals surface area contributed by atoms with Crippen LogP contribution in [-0.4, -0.2) is 30.3 Å². The van der Waals surface area contributed by atoms with Gasteiger partial charge in [0.1, 0.15) is 0 Å². The fraction of sp³-hybridized carbons (Fsp3) is 1.00. The van der Waals surface area contributed by atoms with Gasteiger partial charge in [-0.1, -0.05) is 0 Å². The molecule has 0 radical (unpaired) electrons. The molecular weight excluding hydrogens is 176 g/mol. The van der Waals surface area contributed by atoms with Gasteiger partial charge in [-0.05, 0) is 27.2 Å². The molecule has 0 bridgehead atoms. The Hall–Kier alpha value is 0.210. The maximum atomic E-state index is 5.93. The first-order valence-corrected chi connectivity index (χ1v) is 4.72. The topological polar surface area (TPSA) is 18.5 Å². The van der Waals surface area contributed by atoms with Crippen LogP contribution >= 0.6 is 11.6 Å². The van der Waals surface area contributed by atoms with E-state index in [0.717, 1.165) is 6.42 Å². The van der Waals surface area contributed by atoms with Gasteiger partial charge in [-0.25, -0.2) is 0 Å². The minimum Gasteiger partial charge on any atom is -0.377 e. The molecule has 1 aliphatic rings. The third kappa shape index (κ3) is 2.35. The lowest BCUT2D eigenvalue weighted by Gasteiger charge is -2.43. The van der Waals surface area contributed by atoms with Crippen molar-refractivity contribution < 1.29 is 9.47 Å². The SMILES string of the molecule is CO[C@@H]1[C@H](Cl)C[C@H]1OC(C)(C)C. The minimum absolute atomic E-state index is 0.0749. The lowest BCUT2D eigenvalue weighted by Crippen LogP contribution is -2.52. The van der Waals surface area contributed by atoms with Crippen molar-refractivity contribution in [1.82, 2.24) is 0 Å². The summed E-state index contributed by atoms with van der Waals surface area (Å²) in [5, 5.41) is 0.127. The summed E-state index contributed by atoms with van der Waals surface area (Å²) in [7, 11) is 1.68. The highest BCUT2D eigenvalue weighted by Crippen LogP contribution is 2.33. The maximum Gasteiger partial charge on any atom is 0.0997 e. The van der Waals surface area contributed by atoms with E-state index in [9.17, 15) is 0 Å². The van der Waals surface area contributed by atoms with Gasteiger partial charge in [0.25, 0.3) is 0 Å². The molecule has 0 unspecified atom stereocenters. The van der Waals surface area contributed by atoms with Gasteiger partial charge in [-0.2, -0.15) is 0 Å². The molecule has 0 N–H and O–H groups in total. The molecule has 0 heterocycles. The molecule has 0 aliphatic heterocycles. The average molecular weight is 193 g/mol. The molecule has 0 aromatic rings. The van der Waals surface area contributed by atoms with Crippen LogP contribution in [-0.2, 0) is 9.47 Å². The zero-order valence-electron chi connectivity index (χ0n) is 8.13. The summed E-state index contributed by atoms with van der Waals surface area (Å²) in [6.07, 6.45) is 1.15. The van der Waals surface area contributed by atoms with E-state index in [-0.39, 0.29) is 23.2 Å². The number of methoxy groups -OCH3 is 1. The zero-order chi connectivity index (χ0) is 9.35. The second kappa shape index (κ2) is 3.52. The highest BCUT2D eigenvalue weighted by atomic mass is 35.5. The van der Waals surface area contributed by atoms with Gasteiger partial charge < -0.3 is 9.47 Å². The van der Waals surface area contributed by atoms with Gasteiger partial charge in [0, 0.05) is 7.11 Å². The van der Waals surface area contributed by atoms with Crippen molar-refractivity contribution in [3.05, 3.63) is 0 Å². The number of hydrogen-bond acceptors (Lipinski definition) is 2. The second-order valence-corrected chi connectivity index (χ2v) is 4.78. The van der Waals surface area contributed by atoms with Crippen LogP contribution < -0.4 is 0 Å². The summed E-state index contributed by atoms with van der Waals surface area (Å²) in [5.41, 5.74) is -0.0987. The Morgan fingerprint density at radius 1 is 1.33 bits per heavy atom. The molecule has 3 heteroatoms. The third-order valence-corrected chi connectivity index (χ3v) is 2.38. The third-order valence-electron chi connectivity index (χ3n) is 1.96. The van der Waals surface area contributed by atoms with E-state index in [2.05, 4.69) is 0 Å². The molecule has 12 heavy (non-hydrogen) atoms. The molecule has 0 spiro atoms. The van der Waals surface area contributed by atoms with Crippen LogP contribution in [0.5, 0.6) is 0 Å². The van der Waals surface area contributed by atoms with Crippen LogP contribution in [0.15, 0.2) is 0 Å². The number of alkyl halides is 1. The van der Waals surface area contributed by atoms with Crippen molar-refractivity contribution in [2.75, 3.05) is 7.11 Å². The molecule has 1 fully saturated rings. The van der Waals surface area contributed by atoms with Gasteiger partial charge in [-0.15, -0.1) is 11.6 Å². The molecule has 0 aromatic heterocycles. The molecule has 3 atom stereocenters. The Bertz CT molecular complexity index is 153. The lowest BCUT2D eigenvalue weighted by atomic mass is 9.90. The van der Waals surface area contributed by atoms with Crippen molar-refractivity contribution in [2.24, 2.45) is 0 Å². The quantitative estimate of drug-likeness (QED) is 0.625. The zero-order valence-corrected chi connectivity index (χ0v) is 8.89. The van der Waals surface area contributed by atoms with E-state index < -0.39 is 0 Å². The number of halogens is 1. The molecule has 1 aliphatic carbocycles. The Morgan fingerprint density at radius 2 is 1.92 bits per heavy atom. The largest absolute Gasteiger partial charge is 0.377 e. The lowest BCUT2D eigenvalue weighted by molar-refractivity contribution is -0.160. The summed E-state index contributed by atoms with van der Waals surface area (Å²) in [6, 6.07) is 0. The maximum absolute atomic E-state index is 5.93. The van der Waals surface area contributed by atoms with Gasteiger partial charge >= 0.3 is 0 Å². The van der Waals surface area contributed by atoms with Gasteiger partial charge in [0.2, 0.25) is 0 Å². The molecule has 0 saturated heterocycles. The van der Waals surface area contributed by atoms with Crippen molar-refractivity contribution >= 4 is 11.6 Å². The molecule has 1 rings (SSSR count). The molecule has 0 aromatic carbocycles. The summed E-state index contributed by atoms with van der Waals surface area (Å²) in [4.78, 5) is 0. The van der Waals surface area contributed by atoms with Crippen molar-refractivity contribution in [3.8, 4) is 0 Å². The summed E-state index contributed by atoms with van der Waals surface area (Å²) in [6.45, 7) is 6.13. The summed E-state index contributed by atoms with van der Waals surface area (Å²) in [5.74, 6) is 0. The monoisotopic (exact) mass is 192 g/mol. The molecule has 72 valence electrons. The van der Waals surface area contributed by atoms with E-state index >= 15 is 0 Å². The molecule has 2 nitrogen and oxygen atoms in total. The van der Waals surface area contributed by atoms with Crippen LogP contribution in [0.25, 0.3) is 0 Å². The predicted octanol–water partition coefficient (Wildman–Crippen LogP) is 2.20. The van der Waals surface area contributed by atoms with Gasteiger partial charge in [0.05, 0.1) is 23.2 Å². The molecule has 1 saturated carbocycles. The predicted molar refractivity (Wildman–Crippen MR) is 49.7 cm³/mol. The van der Waals surface area contributed by atoms with Crippen LogP contribution in [0.1, 0.15) is 27.2 Å². The summed E-state index contributed by atoms with van der Waals surface area (Å²) < 4.78 is 10.9. The summed E-state index contributed by atoms with van der Waals surface area (Å²) >= 11 is 5.93. The highest BCUT2D eigenvalue weighted by Gasteiger charge is 2.42. The normalized spacial score (nSPS) is 36.2. The van der Waals surface area contributed by atoms with Crippen molar-refractivity contribution in [2.45, 2.75) is 50.4 Å². The molecular formula is C9H17ClO2. The Morgan fingerprint density at radius 3 is 2.25 bits per heavy atom. The van der Waals surface area contributed by atoms with Crippen LogP contribution in [0.4, 0.5) is 0 Å². The first-order valence-electron chi connectivity index (χ1n) is 4.29. The minimum atomic E-state index is -0.0987. The fourth-order valence-corrected chi connectivity index (χ4v) is 1.84.